The first kappa shape index (κ1) is 15.4. The Morgan fingerprint density at radius 1 is 1.41 bits per heavy atom. The number of hydrogen-bond donors (Lipinski definition) is 1. The lowest BCUT2D eigenvalue weighted by Gasteiger charge is -2.28. The molecule has 0 spiro atoms. The van der Waals surface area contributed by atoms with Gasteiger partial charge in [0.1, 0.15) is 0 Å². The van der Waals surface area contributed by atoms with Crippen molar-refractivity contribution in [1.29, 1.82) is 0 Å². The molecule has 2 fully saturated rings. The molecule has 4 nitrogen and oxygen atoms in total. The second kappa shape index (κ2) is 8.42. The SMILES string of the molecule is I.NC(=NCC1CCCOC1)N1CCSCC1. The molecule has 0 aliphatic carbocycles. The van der Waals surface area contributed by atoms with Gasteiger partial charge in [0.25, 0.3) is 0 Å². The number of ether oxygens (including phenoxy) is 1. The van der Waals surface area contributed by atoms with E-state index in [2.05, 4.69) is 9.89 Å². The van der Waals surface area contributed by atoms with Crippen LogP contribution >= 0.6 is 35.7 Å². The Hall–Kier alpha value is 0.310. The summed E-state index contributed by atoms with van der Waals surface area (Å²) in [5, 5.41) is 0. The second-order valence-electron chi connectivity index (χ2n) is 4.38. The number of halogens is 1. The number of hydrogen-bond acceptors (Lipinski definition) is 3. The number of guanidine groups is 1. The highest BCUT2D eigenvalue weighted by molar-refractivity contribution is 14.0. The predicted octanol–water partition coefficient (Wildman–Crippen LogP) is 1.39. The number of nitrogens with zero attached hydrogens (tertiary/aromatic N) is 2. The summed E-state index contributed by atoms with van der Waals surface area (Å²) in [6.07, 6.45) is 2.40. The van der Waals surface area contributed by atoms with Crippen molar-refractivity contribution in [2.45, 2.75) is 12.8 Å². The first-order valence-electron chi connectivity index (χ1n) is 6.06. The number of rotatable bonds is 2. The molecule has 0 bridgehead atoms. The molecule has 100 valence electrons. The standard InChI is InChI=1S/C11H21N3OS.HI/c12-11(14-3-6-16-7-4-14)13-8-10-2-1-5-15-9-10;/h10H,1-9H2,(H2,12,13);1H. The van der Waals surface area contributed by atoms with Crippen LogP contribution in [0.15, 0.2) is 4.99 Å². The summed E-state index contributed by atoms with van der Waals surface area (Å²) < 4.78 is 5.43. The highest BCUT2D eigenvalue weighted by atomic mass is 127. The van der Waals surface area contributed by atoms with Gasteiger partial charge < -0.3 is 15.4 Å². The molecular formula is C11H22IN3OS. The van der Waals surface area contributed by atoms with Crippen molar-refractivity contribution in [3.8, 4) is 0 Å². The first-order valence-corrected chi connectivity index (χ1v) is 7.22. The van der Waals surface area contributed by atoms with Crippen LogP contribution in [0.1, 0.15) is 12.8 Å². The zero-order chi connectivity index (χ0) is 11.2. The molecule has 0 aromatic carbocycles. The van der Waals surface area contributed by atoms with Crippen LogP contribution in [-0.4, -0.2) is 55.2 Å². The summed E-state index contributed by atoms with van der Waals surface area (Å²) >= 11 is 1.99. The molecule has 2 rings (SSSR count). The van der Waals surface area contributed by atoms with Crippen LogP contribution in [0.5, 0.6) is 0 Å². The van der Waals surface area contributed by atoms with Gasteiger partial charge in [0.2, 0.25) is 0 Å². The molecule has 2 heterocycles. The molecule has 2 aliphatic heterocycles. The third-order valence-electron chi connectivity index (χ3n) is 3.10. The Morgan fingerprint density at radius 3 is 2.82 bits per heavy atom. The first-order chi connectivity index (χ1) is 7.86. The molecule has 0 saturated carbocycles. The van der Waals surface area contributed by atoms with Crippen molar-refractivity contribution in [2.75, 3.05) is 44.4 Å². The second-order valence-corrected chi connectivity index (χ2v) is 5.61. The number of thioether (sulfide) groups is 1. The van der Waals surface area contributed by atoms with E-state index in [4.69, 9.17) is 10.5 Å². The van der Waals surface area contributed by atoms with Crippen LogP contribution in [0.3, 0.4) is 0 Å². The summed E-state index contributed by atoms with van der Waals surface area (Å²) in [6.45, 7) is 4.68. The highest BCUT2D eigenvalue weighted by Gasteiger charge is 2.15. The molecule has 1 atom stereocenters. The van der Waals surface area contributed by atoms with Gasteiger partial charge in [0.15, 0.2) is 5.96 Å². The van der Waals surface area contributed by atoms with Crippen LogP contribution in [0, 0.1) is 5.92 Å². The Labute approximate surface area is 125 Å². The molecule has 1 unspecified atom stereocenters. The van der Waals surface area contributed by atoms with E-state index in [0.717, 1.165) is 38.8 Å². The van der Waals surface area contributed by atoms with Gasteiger partial charge in [-0.15, -0.1) is 24.0 Å². The van der Waals surface area contributed by atoms with Gasteiger partial charge in [-0.25, -0.2) is 0 Å². The maximum atomic E-state index is 5.99. The zero-order valence-corrected chi connectivity index (χ0v) is 13.3. The molecule has 17 heavy (non-hydrogen) atoms. The fourth-order valence-electron chi connectivity index (χ4n) is 2.07. The van der Waals surface area contributed by atoms with Crippen molar-refractivity contribution in [2.24, 2.45) is 16.6 Å². The number of aliphatic imine (C=N–C) groups is 1. The summed E-state index contributed by atoms with van der Waals surface area (Å²) in [5.41, 5.74) is 5.99. The van der Waals surface area contributed by atoms with E-state index in [1.54, 1.807) is 0 Å². The lowest BCUT2D eigenvalue weighted by molar-refractivity contribution is 0.0581. The van der Waals surface area contributed by atoms with Crippen LogP contribution in [0.2, 0.25) is 0 Å². The molecule has 2 aliphatic rings. The summed E-state index contributed by atoms with van der Waals surface area (Å²) in [6, 6.07) is 0. The quantitative estimate of drug-likeness (QED) is 0.453. The molecular weight excluding hydrogens is 349 g/mol. The monoisotopic (exact) mass is 371 g/mol. The minimum Gasteiger partial charge on any atom is -0.381 e. The van der Waals surface area contributed by atoms with E-state index in [9.17, 15) is 0 Å². The van der Waals surface area contributed by atoms with Crippen molar-refractivity contribution < 1.29 is 4.74 Å². The van der Waals surface area contributed by atoms with E-state index < -0.39 is 0 Å². The Morgan fingerprint density at radius 2 is 2.18 bits per heavy atom. The minimum atomic E-state index is 0. The predicted molar refractivity (Wildman–Crippen MR) is 84.3 cm³/mol. The minimum absolute atomic E-state index is 0. The Balaban J connectivity index is 0.00000144. The van der Waals surface area contributed by atoms with E-state index >= 15 is 0 Å². The van der Waals surface area contributed by atoms with Crippen LogP contribution in [-0.2, 0) is 4.74 Å². The topological polar surface area (TPSA) is 50.9 Å². The van der Waals surface area contributed by atoms with Crippen molar-refractivity contribution in [1.82, 2.24) is 4.90 Å². The van der Waals surface area contributed by atoms with Crippen LogP contribution < -0.4 is 5.73 Å². The van der Waals surface area contributed by atoms with E-state index in [1.165, 1.54) is 24.3 Å². The average Bonchev–Trinajstić information content (AvgIpc) is 2.38. The fourth-order valence-corrected chi connectivity index (χ4v) is 2.97. The number of nitrogens with two attached hydrogens (primary N) is 1. The largest absolute Gasteiger partial charge is 0.381 e. The van der Waals surface area contributed by atoms with Crippen molar-refractivity contribution in [3.63, 3.8) is 0 Å². The summed E-state index contributed by atoms with van der Waals surface area (Å²) in [5.74, 6) is 3.64. The highest BCUT2D eigenvalue weighted by Crippen LogP contribution is 2.14. The average molecular weight is 371 g/mol. The van der Waals surface area contributed by atoms with Gasteiger partial charge >= 0.3 is 0 Å². The van der Waals surface area contributed by atoms with Gasteiger partial charge in [-0.3, -0.25) is 4.99 Å². The normalized spacial score (nSPS) is 26.5. The van der Waals surface area contributed by atoms with Gasteiger partial charge in [-0.05, 0) is 12.8 Å². The Bertz CT molecular complexity index is 241. The van der Waals surface area contributed by atoms with E-state index in [1.807, 2.05) is 11.8 Å². The van der Waals surface area contributed by atoms with Crippen molar-refractivity contribution in [3.05, 3.63) is 0 Å². The van der Waals surface area contributed by atoms with Gasteiger partial charge in [0, 0.05) is 43.7 Å². The van der Waals surface area contributed by atoms with E-state index in [-0.39, 0.29) is 24.0 Å². The Kier molecular flexibility index (Phi) is 7.61. The maximum Gasteiger partial charge on any atom is 0.191 e. The summed E-state index contributed by atoms with van der Waals surface area (Å²) in [4.78, 5) is 6.70. The molecule has 0 radical (unpaired) electrons. The molecule has 2 saturated heterocycles. The van der Waals surface area contributed by atoms with Crippen molar-refractivity contribution >= 4 is 41.7 Å². The lowest BCUT2D eigenvalue weighted by atomic mass is 10.0. The van der Waals surface area contributed by atoms with Gasteiger partial charge in [-0.1, -0.05) is 0 Å². The molecule has 6 heteroatoms. The third-order valence-corrected chi connectivity index (χ3v) is 4.04. The molecule has 0 amide bonds. The van der Waals surface area contributed by atoms with Gasteiger partial charge in [0.05, 0.1) is 6.61 Å². The third kappa shape index (κ3) is 5.21. The molecule has 2 N–H and O–H groups in total. The van der Waals surface area contributed by atoms with Crippen LogP contribution in [0.4, 0.5) is 0 Å². The fraction of sp³-hybridized carbons (Fsp3) is 0.909. The van der Waals surface area contributed by atoms with Gasteiger partial charge in [-0.2, -0.15) is 11.8 Å². The van der Waals surface area contributed by atoms with Crippen LogP contribution in [0.25, 0.3) is 0 Å². The molecule has 0 aromatic rings. The summed E-state index contributed by atoms with van der Waals surface area (Å²) in [7, 11) is 0. The smallest absolute Gasteiger partial charge is 0.191 e. The zero-order valence-electron chi connectivity index (χ0n) is 10.1. The van der Waals surface area contributed by atoms with E-state index in [0.29, 0.717) is 5.92 Å². The molecule has 0 aromatic heterocycles. The maximum absolute atomic E-state index is 5.99. The lowest BCUT2D eigenvalue weighted by Crippen LogP contribution is -2.43.